The zero-order valence-corrected chi connectivity index (χ0v) is 12.2. The van der Waals surface area contributed by atoms with Crippen molar-refractivity contribution in [1.29, 1.82) is 0 Å². The van der Waals surface area contributed by atoms with Crippen LogP contribution in [0.1, 0.15) is 27.7 Å². The molecule has 0 aromatic heterocycles. The quantitative estimate of drug-likeness (QED) is 0.703. The Labute approximate surface area is 89.2 Å². The summed E-state index contributed by atoms with van der Waals surface area (Å²) in [6, 6.07) is 0. The maximum atomic E-state index is 11.1. The normalized spacial score (nSPS) is 27.6. The van der Waals surface area contributed by atoms with Crippen LogP contribution in [0.4, 0.5) is 0 Å². The summed E-state index contributed by atoms with van der Waals surface area (Å²) in [5.74, 6) is 0. The van der Waals surface area contributed by atoms with Gasteiger partial charge in [-0.2, -0.15) is 0 Å². The van der Waals surface area contributed by atoms with Crippen LogP contribution in [0.25, 0.3) is 0 Å². The van der Waals surface area contributed by atoms with Crippen LogP contribution < -0.4 is 0 Å². The second-order valence-electron chi connectivity index (χ2n) is 3.64. The number of rotatable bonds is 4. The van der Waals surface area contributed by atoms with Crippen molar-refractivity contribution in [2.45, 2.75) is 41.2 Å². The first kappa shape index (κ1) is 11.8. The van der Waals surface area contributed by atoms with E-state index in [1.54, 1.807) is 0 Å². The molecule has 14 heavy (non-hydrogen) atoms. The van der Waals surface area contributed by atoms with Gasteiger partial charge in [-0.05, 0) is 0 Å². The van der Waals surface area contributed by atoms with Crippen LogP contribution in [-0.4, -0.2) is 9.64 Å². The fourth-order valence-electron chi connectivity index (χ4n) is 1.88. The first-order valence-electron chi connectivity index (χ1n) is 4.92. The second kappa shape index (κ2) is 4.06. The second-order valence-corrected chi connectivity index (χ2v) is 17.3. The molecule has 0 aromatic rings. The van der Waals surface area contributed by atoms with Gasteiger partial charge in [0.1, 0.15) is 0 Å². The zero-order valence-electron chi connectivity index (χ0n) is 9.28. The van der Waals surface area contributed by atoms with Gasteiger partial charge < -0.3 is 0 Å². The van der Waals surface area contributed by atoms with Crippen LogP contribution in [0.15, 0.2) is 20.9 Å². The molecule has 1 aliphatic rings. The van der Waals surface area contributed by atoms with E-state index in [4.69, 9.17) is 0 Å². The summed E-state index contributed by atoms with van der Waals surface area (Å²) < 4.78 is 3.31. The third kappa shape index (κ3) is 1.63. The Morgan fingerprint density at radius 1 is 1.50 bits per heavy atom. The van der Waals surface area contributed by atoms with Crippen molar-refractivity contribution >= 4 is 5.71 Å². The predicted molar refractivity (Wildman–Crippen MR) is 57.4 cm³/mol. The van der Waals surface area contributed by atoms with E-state index in [1.807, 2.05) is 13.0 Å². The van der Waals surface area contributed by atoms with Gasteiger partial charge in [0, 0.05) is 0 Å². The minimum absolute atomic E-state index is 0.234. The molecule has 0 saturated carbocycles. The fraction of sp³-hybridized carbons (Fsp3) is 0.700. The molecule has 0 saturated heterocycles. The molecule has 1 aliphatic heterocycles. The van der Waals surface area contributed by atoms with Gasteiger partial charge in [-0.15, -0.1) is 0 Å². The standard InChI is InChI=1S/C6H8N.2C2H5.NO.W/c1-5-3-4-6(2)7-5;3*1-2;/h3-4H,1-2H3;2*1H2,2H3;;/q;;;-1;+1. The summed E-state index contributed by atoms with van der Waals surface area (Å²) in [5.41, 5.74) is 1.03. The summed E-state index contributed by atoms with van der Waals surface area (Å²) in [4.78, 5) is 17.6. The van der Waals surface area contributed by atoms with E-state index in [-0.39, 0.29) is 3.93 Å². The van der Waals surface area contributed by atoms with Crippen LogP contribution in [0.2, 0.25) is 9.62 Å². The van der Waals surface area contributed by atoms with Crippen LogP contribution in [-0.2, 0) is 16.3 Å². The third-order valence-electron chi connectivity index (χ3n) is 2.90. The van der Waals surface area contributed by atoms with Crippen molar-refractivity contribution in [3.8, 4) is 0 Å². The van der Waals surface area contributed by atoms with Gasteiger partial charge in [-0.3, -0.25) is 0 Å². The molecule has 0 bridgehead atoms. The van der Waals surface area contributed by atoms with Gasteiger partial charge in [0.25, 0.3) is 0 Å². The van der Waals surface area contributed by atoms with E-state index in [0.29, 0.717) is 0 Å². The molecular formula is C10H18N2OW. The van der Waals surface area contributed by atoms with E-state index in [9.17, 15) is 4.91 Å². The fourth-order valence-corrected chi connectivity index (χ4v) is 11.1. The number of nitrogens with zero attached hydrogens (tertiary/aromatic N) is 2. The Balaban J connectivity index is 3.12. The number of hydrogen-bond acceptors (Lipinski definition) is 3. The molecule has 1 unspecified atom stereocenters. The summed E-state index contributed by atoms with van der Waals surface area (Å²) in [6.07, 6.45) is 4.10. The van der Waals surface area contributed by atoms with Crippen LogP contribution in [0.5, 0.6) is 0 Å². The molecule has 1 heterocycles. The third-order valence-corrected chi connectivity index (χ3v) is 17.1. The van der Waals surface area contributed by atoms with Gasteiger partial charge in [0.05, 0.1) is 0 Å². The van der Waals surface area contributed by atoms with Gasteiger partial charge in [-0.25, -0.2) is 0 Å². The minimum atomic E-state index is -2.94. The van der Waals surface area contributed by atoms with E-state index in [1.165, 1.54) is 0 Å². The van der Waals surface area contributed by atoms with Crippen LogP contribution in [0, 0.1) is 4.91 Å². The van der Waals surface area contributed by atoms with Gasteiger partial charge in [0.15, 0.2) is 0 Å². The SMILES string of the molecule is C[CH2][W]([CH2]C)([N]=O)[C]1(C)C=CC(C)=N1. The monoisotopic (exact) mass is 366 g/mol. The van der Waals surface area contributed by atoms with Crippen molar-refractivity contribution < 1.29 is 16.3 Å². The van der Waals surface area contributed by atoms with E-state index in [2.05, 4.69) is 35.6 Å². The molecular weight excluding hydrogens is 348 g/mol. The molecule has 0 radical (unpaired) electrons. The molecule has 0 aromatic carbocycles. The Morgan fingerprint density at radius 3 is 2.36 bits per heavy atom. The molecule has 0 aliphatic carbocycles. The molecule has 3 nitrogen and oxygen atoms in total. The first-order chi connectivity index (χ1) is 6.53. The Kier molecular flexibility index (Phi) is 3.41. The van der Waals surface area contributed by atoms with Crippen molar-refractivity contribution in [2.24, 2.45) is 8.73 Å². The molecule has 0 amide bonds. The zero-order chi connectivity index (χ0) is 10.8. The van der Waals surface area contributed by atoms with Crippen molar-refractivity contribution in [2.75, 3.05) is 0 Å². The van der Waals surface area contributed by atoms with E-state index in [0.717, 1.165) is 15.3 Å². The number of aliphatic imine (C=N–C) groups is 1. The molecule has 0 fully saturated rings. The molecule has 4 heteroatoms. The predicted octanol–water partition coefficient (Wildman–Crippen LogP) is 3.45. The van der Waals surface area contributed by atoms with Gasteiger partial charge >= 0.3 is 89.1 Å². The van der Waals surface area contributed by atoms with Crippen molar-refractivity contribution in [1.82, 2.24) is 0 Å². The molecule has 1 atom stereocenters. The van der Waals surface area contributed by atoms with E-state index < -0.39 is 16.3 Å². The van der Waals surface area contributed by atoms with Gasteiger partial charge in [0.2, 0.25) is 0 Å². The Hall–Kier alpha value is -0.302. The molecule has 0 N–H and O–H groups in total. The molecule has 80 valence electrons. The maximum absolute atomic E-state index is 11.1. The number of hydrogen-bond donors (Lipinski definition) is 0. The van der Waals surface area contributed by atoms with Crippen molar-refractivity contribution in [3.05, 3.63) is 17.1 Å². The molecule has 0 spiro atoms. The number of nitroso groups, excluding NO2 is 1. The average molecular weight is 366 g/mol. The Morgan fingerprint density at radius 2 is 2.07 bits per heavy atom. The average Bonchev–Trinajstić information content (AvgIpc) is 2.51. The van der Waals surface area contributed by atoms with Gasteiger partial charge in [-0.1, -0.05) is 0 Å². The summed E-state index contributed by atoms with van der Waals surface area (Å²) in [6.45, 7) is 8.23. The Bertz CT molecular complexity index is 294. The molecule has 1 rings (SSSR count). The van der Waals surface area contributed by atoms with Crippen LogP contribution >= 0.6 is 0 Å². The summed E-state index contributed by atoms with van der Waals surface area (Å²) >= 11 is -2.94. The summed E-state index contributed by atoms with van der Waals surface area (Å²) in [7, 11) is 0. The number of allylic oxidation sites excluding steroid dienone is 1. The van der Waals surface area contributed by atoms with Crippen molar-refractivity contribution in [3.63, 3.8) is 0 Å². The van der Waals surface area contributed by atoms with E-state index >= 15 is 0 Å². The van der Waals surface area contributed by atoms with Crippen LogP contribution in [0.3, 0.4) is 0 Å². The summed E-state index contributed by atoms with van der Waals surface area (Å²) in [5, 5.41) is 0. The topological polar surface area (TPSA) is 41.8 Å². The first-order valence-corrected chi connectivity index (χ1v) is 11.8.